The van der Waals surface area contributed by atoms with Crippen molar-refractivity contribution >= 4 is 11.3 Å². The quantitative estimate of drug-likeness (QED) is 0.479. The molecular formula is C20H15F6N3S. The van der Waals surface area contributed by atoms with Crippen molar-refractivity contribution in [3.8, 4) is 10.4 Å². The third-order valence-corrected chi connectivity index (χ3v) is 5.90. The Hall–Kier alpha value is -2.46. The maximum absolute atomic E-state index is 12.9. The number of fused-ring (bicyclic) bond motifs is 1. The van der Waals surface area contributed by atoms with E-state index >= 15 is 0 Å². The van der Waals surface area contributed by atoms with E-state index in [2.05, 4.69) is 14.9 Å². The molecule has 0 spiro atoms. The van der Waals surface area contributed by atoms with Crippen molar-refractivity contribution in [1.82, 2.24) is 14.9 Å². The molecular weight excluding hydrogens is 428 g/mol. The summed E-state index contributed by atoms with van der Waals surface area (Å²) in [6.07, 6.45) is -7.36. The van der Waals surface area contributed by atoms with E-state index < -0.39 is 23.7 Å². The molecule has 0 bridgehead atoms. The van der Waals surface area contributed by atoms with E-state index in [9.17, 15) is 26.3 Å². The Kier molecular flexibility index (Phi) is 5.31. The highest BCUT2D eigenvalue weighted by Gasteiger charge is 2.35. The number of halogens is 6. The van der Waals surface area contributed by atoms with Gasteiger partial charge in [0.1, 0.15) is 0 Å². The van der Waals surface area contributed by atoms with Gasteiger partial charge >= 0.3 is 12.4 Å². The Balaban J connectivity index is 1.46. The summed E-state index contributed by atoms with van der Waals surface area (Å²) in [6, 6.07) is 8.83. The molecule has 10 heteroatoms. The van der Waals surface area contributed by atoms with Gasteiger partial charge in [-0.1, -0.05) is 12.1 Å². The highest BCUT2D eigenvalue weighted by atomic mass is 32.1. The van der Waals surface area contributed by atoms with E-state index in [1.54, 1.807) is 12.1 Å². The molecule has 3 nitrogen and oxygen atoms in total. The molecule has 4 rings (SSSR count). The number of rotatable bonds is 3. The van der Waals surface area contributed by atoms with Gasteiger partial charge in [0, 0.05) is 47.6 Å². The van der Waals surface area contributed by atoms with Crippen molar-refractivity contribution in [2.45, 2.75) is 31.9 Å². The molecule has 0 unspecified atom stereocenters. The van der Waals surface area contributed by atoms with Crippen LogP contribution in [0.2, 0.25) is 0 Å². The normalized spacial score (nSPS) is 15.3. The van der Waals surface area contributed by atoms with Gasteiger partial charge in [-0.05, 0) is 29.8 Å². The third kappa shape index (κ3) is 4.49. The Morgan fingerprint density at radius 1 is 1.00 bits per heavy atom. The third-order valence-electron chi connectivity index (χ3n) is 4.78. The molecule has 0 atom stereocenters. The predicted octanol–water partition coefficient (Wildman–Crippen LogP) is 5.80. The largest absolute Gasteiger partial charge is 0.451 e. The van der Waals surface area contributed by atoms with Crippen LogP contribution in [0.15, 0.2) is 42.6 Å². The molecule has 0 saturated carbocycles. The lowest BCUT2D eigenvalue weighted by Crippen LogP contribution is -2.31. The first-order valence-electron chi connectivity index (χ1n) is 9.00. The molecule has 0 fully saturated rings. The second-order valence-electron chi connectivity index (χ2n) is 6.97. The van der Waals surface area contributed by atoms with Gasteiger partial charge in [-0.3, -0.25) is 4.90 Å². The second-order valence-corrected chi connectivity index (χ2v) is 8.14. The maximum atomic E-state index is 12.9. The number of thiophene rings is 1. The zero-order valence-corrected chi connectivity index (χ0v) is 16.2. The summed E-state index contributed by atoms with van der Waals surface area (Å²) in [5, 5.41) is 0. The summed E-state index contributed by atoms with van der Waals surface area (Å²) in [7, 11) is 0. The van der Waals surface area contributed by atoms with Crippen LogP contribution in [0, 0.1) is 0 Å². The fourth-order valence-corrected chi connectivity index (χ4v) is 4.38. The van der Waals surface area contributed by atoms with Crippen LogP contribution in [0.1, 0.15) is 27.5 Å². The Morgan fingerprint density at radius 3 is 2.53 bits per heavy atom. The number of hydrogen-bond donors (Lipinski definition) is 0. The van der Waals surface area contributed by atoms with Gasteiger partial charge in [0.25, 0.3) is 0 Å². The van der Waals surface area contributed by atoms with E-state index in [0.717, 1.165) is 21.9 Å². The molecule has 0 N–H and O–H groups in total. The van der Waals surface area contributed by atoms with Gasteiger partial charge in [0.2, 0.25) is 5.82 Å². The van der Waals surface area contributed by atoms with Gasteiger partial charge in [-0.25, -0.2) is 9.97 Å². The molecule has 1 aliphatic heterocycles. The minimum Gasteiger partial charge on any atom is -0.293 e. The van der Waals surface area contributed by atoms with Crippen LogP contribution in [0.5, 0.6) is 0 Å². The van der Waals surface area contributed by atoms with Gasteiger partial charge in [0.05, 0.1) is 11.3 Å². The molecule has 2 aromatic heterocycles. The fourth-order valence-electron chi connectivity index (χ4n) is 3.33. The summed E-state index contributed by atoms with van der Waals surface area (Å²) in [5.41, 5.74) is 0.868. The Labute approximate surface area is 172 Å². The zero-order chi connectivity index (χ0) is 21.5. The van der Waals surface area contributed by atoms with Crippen LogP contribution >= 0.6 is 11.3 Å². The fraction of sp³-hybridized carbons (Fsp3) is 0.300. The van der Waals surface area contributed by atoms with Crippen LogP contribution in [0.4, 0.5) is 26.3 Å². The lowest BCUT2D eigenvalue weighted by Gasteiger charge is -2.27. The Bertz CT molecular complexity index is 1060. The molecule has 0 aliphatic carbocycles. The molecule has 0 amide bonds. The minimum absolute atomic E-state index is 0.382. The van der Waals surface area contributed by atoms with E-state index in [1.165, 1.54) is 23.6 Å². The van der Waals surface area contributed by atoms with Crippen LogP contribution in [0.25, 0.3) is 10.4 Å². The molecule has 0 saturated heterocycles. The van der Waals surface area contributed by atoms with Crippen molar-refractivity contribution in [2.75, 3.05) is 6.54 Å². The first-order chi connectivity index (χ1) is 14.1. The van der Waals surface area contributed by atoms with E-state index in [1.807, 2.05) is 6.07 Å². The molecule has 3 aromatic rings. The van der Waals surface area contributed by atoms with Crippen LogP contribution in [-0.2, 0) is 31.9 Å². The van der Waals surface area contributed by atoms with Crippen molar-refractivity contribution < 1.29 is 26.3 Å². The molecule has 158 valence electrons. The van der Waals surface area contributed by atoms with E-state index in [0.29, 0.717) is 42.9 Å². The van der Waals surface area contributed by atoms with Gasteiger partial charge < -0.3 is 0 Å². The van der Waals surface area contributed by atoms with Crippen molar-refractivity contribution in [1.29, 1.82) is 0 Å². The first-order valence-corrected chi connectivity index (χ1v) is 9.82. The number of hydrogen-bond acceptors (Lipinski definition) is 4. The lowest BCUT2D eigenvalue weighted by molar-refractivity contribution is -0.145. The van der Waals surface area contributed by atoms with Gasteiger partial charge in [-0.15, -0.1) is 11.3 Å². The summed E-state index contributed by atoms with van der Waals surface area (Å²) >= 11 is 1.40. The monoisotopic (exact) mass is 443 g/mol. The summed E-state index contributed by atoms with van der Waals surface area (Å²) in [5.74, 6) is -1.13. The number of benzene rings is 1. The van der Waals surface area contributed by atoms with Crippen LogP contribution < -0.4 is 0 Å². The van der Waals surface area contributed by atoms with Crippen molar-refractivity contribution in [2.24, 2.45) is 0 Å². The summed E-state index contributed by atoms with van der Waals surface area (Å²) in [6.45, 7) is 1.51. The first kappa shape index (κ1) is 20.8. The number of nitrogens with zero attached hydrogens (tertiary/aromatic N) is 3. The average Bonchev–Trinajstić information content (AvgIpc) is 3.15. The van der Waals surface area contributed by atoms with Gasteiger partial charge in [0.15, 0.2) is 0 Å². The molecule has 3 heterocycles. The summed E-state index contributed by atoms with van der Waals surface area (Å²) < 4.78 is 77.1. The standard InChI is InChI=1S/C20H15F6N3S/c21-19(22,23)14-3-1-2-12(8-14)17-5-4-15(30-17)11-29-7-6-16-13(10-29)9-27-18(28-16)20(24,25)26/h1-5,8-9H,6-7,10-11H2. The average molecular weight is 443 g/mol. The van der Waals surface area contributed by atoms with Crippen LogP contribution in [-0.4, -0.2) is 21.4 Å². The highest BCUT2D eigenvalue weighted by molar-refractivity contribution is 7.15. The lowest BCUT2D eigenvalue weighted by atomic mass is 10.1. The second kappa shape index (κ2) is 7.66. The molecule has 1 aromatic carbocycles. The molecule has 0 radical (unpaired) electrons. The highest BCUT2D eigenvalue weighted by Crippen LogP contribution is 2.35. The zero-order valence-electron chi connectivity index (χ0n) is 15.4. The predicted molar refractivity (Wildman–Crippen MR) is 99.6 cm³/mol. The van der Waals surface area contributed by atoms with Crippen molar-refractivity contribution in [3.05, 3.63) is 70.1 Å². The Morgan fingerprint density at radius 2 is 1.80 bits per heavy atom. The molecule has 1 aliphatic rings. The smallest absolute Gasteiger partial charge is 0.293 e. The minimum atomic E-state index is -4.57. The van der Waals surface area contributed by atoms with E-state index in [-0.39, 0.29) is 0 Å². The maximum Gasteiger partial charge on any atom is 0.451 e. The topological polar surface area (TPSA) is 29.0 Å². The van der Waals surface area contributed by atoms with Crippen LogP contribution in [0.3, 0.4) is 0 Å². The van der Waals surface area contributed by atoms with Gasteiger partial charge in [-0.2, -0.15) is 26.3 Å². The number of aromatic nitrogens is 2. The SMILES string of the molecule is FC(F)(F)c1cccc(-c2ccc(CN3CCc4nc(C(F)(F)F)ncc4C3)s2)c1. The summed E-state index contributed by atoms with van der Waals surface area (Å²) in [4.78, 5) is 10.8. The van der Waals surface area contributed by atoms with Crippen molar-refractivity contribution in [3.63, 3.8) is 0 Å². The molecule has 30 heavy (non-hydrogen) atoms. The number of alkyl halides is 6. The van der Waals surface area contributed by atoms with E-state index in [4.69, 9.17) is 0 Å².